The number of nitriles is 1. The second-order valence-corrected chi connectivity index (χ2v) is 3.49. The van der Waals surface area contributed by atoms with Gasteiger partial charge in [0.1, 0.15) is 0 Å². The van der Waals surface area contributed by atoms with Crippen molar-refractivity contribution in [3.8, 4) is 6.07 Å². The number of rotatable bonds is 4. The molecule has 0 fully saturated rings. The number of aliphatic hydroxyl groups is 1. The van der Waals surface area contributed by atoms with E-state index in [1.807, 2.05) is 0 Å². The van der Waals surface area contributed by atoms with Crippen molar-refractivity contribution in [3.63, 3.8) is 0 Å². The molecule has 0 saturated carbocycles. The fourth-order valence-corrected chi connectivity index (χ4v) is 1.43. The molecule has 0 aliphatic heterocycles. The van der Waals surface area contributed by atoms with Gasteiger partial charge in [-0.3, -0.25) is 0 Å². The Kier molecular flexibility index (Phi) is 3.62. The Morgan fingerprint density at radius 1 is 1.61 bits per heavy atom. The molecule has 18 heavy (non-hydrogen) atoms. The van der Waals surface area contributed by atoms with Crippen LogP contribution >= 0.6 is 0 Å². The first-order chi connectivity index (χ1) is 8.29. The summed E-state index contributed by atoms with van der Waals surface area (Å²) in [4.78, 5) is 3.48. The van der Waals surface area contributed by atoms with Crippen molar-refractivity contribution in [3.05, 3.63) is 43.0 Å². The normalized spacial score (nSPS) is 14.6. The van der Waals surface area contributed by atoms with Crippen LogP contribution in [0, 0.1) is 11.3 Å². The maximum Gasteiger partial charge on any atom is 0.429 e. The number of hydrogen-bond acceptors (Lipinski definition) is 3. The van der Waals surface area contributed by atoms with Crippen molar-refractivity contribution >= 4 is 0 Å². The molecule has 0 aromatic carbocycles. The van der Waals surface area contributed by atoms with Crippen molar-refractivity contribution < 1.29 is 18.3 Å². The molecule has 1 unspecified atom stereocenters. The van der Waals surface area contributed by atoms with Crippen LogP contribution in [0.1, 0.15) is 5.82 Å². The third-order valence-electron chi connectivity index (χ3n) is 2.35. The molecule has 1 rings (SSSR count). The fraction of sp³-hybridized carbons (Fsp3) is 0.273. The van der Waals surface area contributed by atoms with Crippen molar-refractivity contribution in [2.75, 3.05) is 0 Å². The van der Waals surface area contributed by atoms with E-state index in [-0.39, 0.29) is 6.54 Å². The van der Waals surface area contributed by atoms with Crippen LogP contribution in [0.25, 0.3) is 0 Å². The number of halogens is 3. The Morgan fingerprint density at radius 2 is 2.22 bits per heavy atom. The highest BCUT2D eigenvalue weighted by atomic mass is 19.4. The standard InChI is InChI=1S/C11H10F3N3O/c1-3-5-17-6-4-16-9(17)10(18,8(2)7-15)11(12,13)14/h3-4,6,18H,1-2,5H2. The zero-order chi connectivity index (χ0) is 14.0. The Labute approximate surface area is 101 Å². The van der Waals surface area contributed by atoms with Gasteiger partial charge in [0.25, 0.3) is 5.60 Å². The van der Waals surface area contributed by atoms with Crippen LogP contribution in [0.2, 0.25) is 0 Å². The van der Waals surface area contributed by atoms with E-state index in [0.717, 1.165) is 10.8 Å². The Bertz CT molecular complexity index is 512. The van der Waals surface area contributed by atoms with Crippen molar-refractivity contribution in [2.24, 2.45) is 0 Å². The molecule has 0 bridgehead atoms. The number of allylic oxidation sites excluding steroid dienone is 1. The fourth-order valence-electron chi connectivity index (χ4n) is 1.43. The molecule has 1 aromatic rings. The average Bonchev–Trinajstić information content (AvgIpc) is 2.74. The monoisotopic (exact) mass is 257 g/mol. The number of imidazole rings is 1. The molecule has 0 saturated heterocycles. The van der Waals surface area contributed by atoms with E-state index in [1.165, 1.54) is 18.3 Å². The lowest BCUT2D eigenvalue weighted by molar-refractivity contribution is -0.251. The van der Waals surface area contributed by atoms with Gasteiger partial charge in [0.2, 0.25) is 0 Å². The summed E-state index contributed by atoms with van der Waals surface area (Å²) in [7, 11) is 0. The SMILES string of the molecule is C=CCn1ccnc1C(O)(C(=C)C#N)C(F)(F)F. The molecule has 0 radical (unpaired) electrons. The maximum atomic E-state index is 13.0. The lowest BCUT2D eigenvalue weighted by atomic mass is 9.94. The van der Waals surface area contributed by atoms with E-state index in [9.17, 15) is 18.3 Å². The highest BCUT2D eigenvalue weighted by Gasteiger charge is 2.60. The van der Waals surface area contributed by atoms with Crippen LogP contribution in [0.4, 0.5) is 13.2 Å². The largest absolute Gasteiger partial charge is 0.429 e. The van der Waals surface area contributed by atoms with Crippen LogP contribution in [0.15, 0.2) is 37.2 Å². The van der Waals surface area contributed by atoms with Crippen LogP contribution in [-0.2, 0) is 12.1 Å². The minimum atomic E-state index is -5.09. The van der Waals surface area contributed by atoms with Gasteiger partial charge in [-0.2, -0.15) is 18.4 Å². The average molecular weight is 257 g/mol. The second kappa shape index (κ2) is 4.66. The molecule has 1 aromatic heterocycles. The van der Waals surface area contributed by atoms with Crippen molar-refractivity contribution in [1.29, 1.82) is 5.26 Å². The van der Waals surface area contributed by atoms with Gasteiger partial charge < -0.3 is 9.67 Å². The molecule has 4 nitrogen and oxygen atoms in total. The summed E-state index contributed by atoms with van der Waals surface area (Å²) < 4.78 is 40.0. The highest BCUT2D eigenvalue weighted by Crippen LogP contribution is 2.42. The number of hydrogen-bond donors (Lipinski definition) is 1. The zero-order valence-electron chi connectivity index (χ0n) is 9.28. The summed E-state index contributed by atoms with van der Waals surface area (Å²) in [6, 6.07) is 1.23. The summed E-state index contributed by atoms with van der Waals surface area (Å²) in [5, 5.41) is 18.4. The third kappa shape index (κ3) is 2.02. The van der Waals surface area contributed by atoms with Crippen LogP contribution in [0.3, 0.4) is 0 Å². The molecule has 0 spiro atoms. The van der Waals surface area contributed by atoms with E-state index in [0.29, 0.717) is 0 Å². The molecule has 7 heteroatoms. The molecular weight excluding hydrogens is 247 g/mol. The van der Waals surface area contributed by atoms with Gasteiger partial charge in [-0.05, 0) is 0 Å². The molecule has 1 heterocycles. The predicted octanol–water partition coefficient (Wildman–Crippen LogP) is 1.90. The van der Waals surface area contributed by atoms with Gasteiger partial charge >= 0.3 is 6.18 Å². The summed E-state index contributed by atoms with van der Waals surface area (Å²) in [6.07, 6.45) is -1.40. The van der Waals surface area contributed by atoms with Crippen molar-refractivity contribution in [2.45, 2.75) is 18.3 Å². The lowest BCUT2D eigenvalue weighted by Crippen LogP contribution is -2.45. The maximum absolute atomic E-state index is 13.0. The topological polar surface area (TPSA) is 61.8 Å². The minimum absolute atomic E-state index is 0.0203. The molecule has 1 N–H and O–H groups in total. The number of alkyl halides is 3. The molecule has 0 aliphatic carbocycles. The van der Waals surface area contributed by atoms with Crippen LogP contribution < -0.4 is 0 Å². The number of aromatic nitrogens is 2. The highest BCUT2D eigenvalue weighted by molar-refractivity contribution is 5.35. The summed E-state index contributed by atoms with van der Waals surface area (Å²) in [5.41, 5.74) is -4.53. The van der Waals surface area contributed by atoms with Gasteiger partial charge in [0, 0.05) is 18.9 Å². The van der Waals surface area contributed by atoms with Gasteiger partial charge in [-0.1, -0.05) is 12.7 Å². The molecule has 96 valence electrons. The first-order valence-electron chi connectivity index (χ1n) is 4.80. The van der Waals surface area contributed by atoms with Gasteiger partial charge in [-0.25, -0.2) is 4.98 Å². The predicted molar refractivity (Wildman–Crippen MR) is 57.1 cm³/mol. The zero-order valence-corrected chi connectivity index (χ0v) is 9.28. The van der Waals surface area contributed by atoms with Crippen molar-refractivity contribution in [1.82, 2.24) is 9.55 Å². The Hall–Kier alpha value is -2.07. The summed E-state index contributed by atoms with van der Waals surface area (Å²) in [6.45, 7) is 6.37. The smallest absolute Gasteiger partial charge is 0.369 e. The molecule has 1 atom stereocenters. The summed E-state index contributed by atoms with van der Waals surface area (Å²) in [5.74, 6) is -0.707. The molecular formula is C11H10F3N3O. The third-order valence-corrected chi connectivity index (χ3v) is 2.35. The van der Waals surface area contributed by atoms with Crippen LogP contribution in [-0.4, -0.2) is 20.8 Å². The van der Waals surface area contributed by atoms with Gasteiger partial charge in [0.05, 0.1) is 11.6 Å². The minimum Gasteiger partial charge on any atom is -0.369 e. The van der Waals surface area contributed by atoms with Crippen LogP contribution in [0.5, 0.6) is 0 Å². The van der Waals surface area contributed by atoms with Gasteiger partial charge in [0.15, 0.2) is 5.82 Å². The quantitative estimate of drug-likeness (QED) is 0.662. The summed E-state index contributed by atoms with van der Waals surface area (Å²) >= 11 is 0. The number of nitrogens with zero attached hydrogens (tertiary/aromatic N) is 3. The Balaban J connectivity index is 3.46. The van der Waals surface area contributed by atoms with Gasteiger partial charge in [-0.15, -0.1) is 6.58 Å². The van der Waals surface area contributed by atoms with E-state index in [2.05, 4.69) is 18.1 Å². The second-order valence-electron chi connectivity index (χ2n) is 3.49. The first-order valence-corrected chi connectivity index (χ1v) is 4.80. The van der Waals surface area contributed by atoms with E-state index >= 15 is 0 Å². The molecule has 0 aliphatic rings. The van der Waals surface area contributed by atoms with E-state index in [4.69, 9.17) is 5.26 Å². The Morgan fingerprint density at radius 3 is 2.67 bits per heavy atom. The molecule has 0 amide bonds. The first kappa shape index (κ1) is 14.0. The van der Waals surface area contributed by atoms with E-state index < -0.39 is 23.2 Å². The lowest BCUT2D eigenvalue weighted by Gasteiger charge is -2.29. The van der Waals surface area contributed by atoms with E-state index in [1.54, 1.807) is 0 Å².